The van der Waals surface area contributed by atoms with Crippen molar-refractivity contribution in [3.8, 4) is 0 Å². The Balaban J connectivity index is 2.18. The van der Waals surface area contributed by atoms with Crippen molar-refractivity contribution in [2.75, 3.05) is 0 Å². The monoisotopic (exact) mass is 360 g/mol. The van der Waals surface area contributed by atoms with Crippen LogP contribution in [0.4, 0.5) is 0 Å². The molecule has 3 N–H and O–H groups in total. The minimum atomic E-state index is -3.85. The number of carbonyl (C=O) groups excluding carboxylic acids is 1. The van der Waals surface area contributed by atoms with Crippen molar-refractivity contribution in [2.24, 2.45) is 5.14 Å². The number of hydrogen-bond acceptors (Lipinski definition) is 3. The molecule has 0 saturated heterocycles. The highest BCUT2D eigenvalue weighted by atomic mass is 79.9. The summed E-state index contributed by atoms with van der Waals surface area (Å²) in [4.78, 5) is 12.1. The highest BCUT2D eigenvalue weighted by molar-refractivity contribution is 9.10. The lowest BCUT2D eigenvalue weighted by molar-refractivity contribution is 0.0927. The normalized spacial score (nSPS) is 16.9. The van der Waals surface area contributed by atoms with Crippen LogP contribution < -0.4 is 10.5 Å². The van der Waals surface area contributed by atoms with Gasteiger partial charge >= 0.3 is 0 Å². The molecule has 2 rings (SSSR count). The van der Waals surface area contributed by atoms with Gasteiger partial charge in [-0.2, -0.15) is 0 Å². The molecule has 1 saturated carbocycles. The van der Waals surface area contributed by atoms with Gasteiger partial charge in [-0.1, -0.05) is 19.3 Å². The number of halogens is 1. The topological polar surface area (TPSA) is 89.3 Å². The van der Waals surface area contributed by atoms with Crippen LogP contribution in [0.25, 0.3) is 0 Å². The number of carbonyl (C=O) groups is 1. The first-order valence-corrected chi connectivity index (χ1v) is 8.85. The number of nitrogens with two attached hydrogens (primary N) is 1. The van der Waals surface area contributed by atoms with E-state index < -0.39 is 10.0 Å². The van der Waals surface area contributed by atoms with Gasteiger partial charge in [-0.3, -0.25) is 4.79 Å². The molecule has 20 heavy (non-hydrogen) atoms. The molecule has 1 aromatic rings. The second-order valence-electron chi connectivity index (χ2n) is 5.00. The van der Waals surface area contributed by atoms with Gasteiger partial charge in [0.2, 0.25) is 10.0 Å². The van der Waals surface area contributed by atoms with Crippen LogP contribution in [-0.4, -0.2) is 20.4 Å². The summed E-state index contributed by atoms with van der Waals surface area (Å²) in [6.07, 6.45) is 5.40. The number of hydrogen-bond donors (Lipinski definition) is 2. The van der Waals surface area contributed by atoms with E-state index in [1.165, 1.54) is 18.6 Å². The molecule has 0 spiro atoms. The Morgan fingerprint density at radius 2 is 1.90 bits per heavy atom. The number of rotatable bonds is 3. The number of amides is 1. The van der Waals surface area contributed by atoms with Crippen LogP contribution in [0, 0.1) is 0 Å². The fraction of sp³-hybridized carbons (Fsp3) is 0.462. The lowest BCUT2D eigenvalue weighted by atomic mass is 9.95. The Labute approximate surface area is 127 Å². The number of primary sulfonamides is 1. The average Bonchev–Trinajstić information content (AvgIpc) is 2.39. The molecule has 0 atom stereocenters. The van der Waals surface area contributed by atoms with Crippen LogP contribution in [0.15, 0.2) is 27.6 Å². The molecule has 5 nitrogen and oxygen atoms in total. The highest BCUT2D eigenvalue weighted by Gasteiger charge is 2.19. The lowest BCUT2D eigenvalue weighted by Crippen LogP contribution is -2.36. The molecule has 0 aromatic heterocycles. The maximum atomic E-state index is 12.1. The van der Waals surface area contributed by atoms with Crippen molar-refractivity contribution in [3.63, 3.8) is 0 Å². The molecule has 1 aliphatic rings. The largest absolute Gasteiger partial charge is 0.349 e. The predicted octanol–water partition coefficient (Wildman–Crippen LogP) is 2.16. The summed E-state index contributed by atoms with van der Waals surface area (Å²) in [6.45, 7) is 0. The number of benzene rings is 1. The van der Waals surface area contributed by atoms with Gasteiger partial charge < -0.3 is 5.32 Å². The minimum absolute atomic E-state index is 0.0752. The molecule has 0 heterocycles. The van der Waals surface area contributed by atoms with Gasteiger partial charge in [0, 0.05) is 16.1 Å². The quantitative estimate of drug-likeness (QED) is 0.865. The van der Waals surface area contributed by atoms with Crippen molar-refractivity contribution >= 4 is 31.9 Å². The molecule has 1 aliphatic carbocycles. The van der Waals surface area contributed by atoms with E-state index in [-0.39, 0.29) is 16.8 Å². The summed E-state index contributed by atoms with van der Waals surface area (Å²) in [6, 6.07) is 4.59. The molecule has 0 unspecified atom stereocenters. The molecule has 110 valence electrons. The Kier molecular flexibility index (Phi) is 4.82. The van der Waals surface area contributed by atoms with E-state index in [1.807, 2.05) is 0 Å². The van der Waals surface area contributed by atoms with E-state index in [2.05, 4.69) is 21.2 Å². The van der Waals surface area contributed by atoms with Gasteiger partial charge in [-0.25, -0.2) is 13.6 Å². The van der Waals surface area contributed by atoms with Crippen LogP contribution in [-0.2, 0) is 10.0 Å². The van der Waals surface area contributed by atoms with Crippen molar-refractivity contribution in [2.45, 2.75) is 43.0 Å². The summed E-state index contributed by atoms with van der Waals surface area (Å²) in [5, 5.41) is 8.06. The zero-order chi connectivity index (χ0) is 14.8. The van der Waals surface area contributed by atoms with E-state index in [9.17, 15) is 13.2 Å². The van der Waals surface area contributed by atoms with Crippen LogP contribution in [0.2, 0.25) is 0 Å². The van der Waals surface area contributed by atoms with E-state index in [4.69, 9.17) is 5.14 Å². The molecule has 0 bridgehead atoms. The van der Waals surface area contributed by atoms with Gasteiger partial charge in [-0.15, -0.1) is 0 Å². The zero-order valence-corrected chi connectivity index (χ0v) is 13.3. The summed E-state index contributed by atoms with van der Waals surface area (Å²) in [7, 11) is -3.85. The molecule has 7 heteroatoms. The number of sulfonamides is 1. The van der Waals surface area contributed by atoms with Crippen LogP contribution in [0.3, 0.4) is 0 Å². The average molecular weight is 361 g/mol. The third-order valence-corrected chi connectivity index (χ3v) is 5.35. The van der Waals surface area contributed by atoms with E-state index in [1.54, 1.807) is 6.07 Å². The molecule has 0 radical (unpaired) electrons. The Hall–Kier alpha value is -0.920. The summed E-state index contributed by atoms with van der Waals surface area (Å²) in [5.74, 6) is -0.255. The van der Waals surface area contributed by atoms with Gasteiger partial charge in [-0.05, 0) is 47.0 Å². The maximum absolute atomic E-state index is 12.1. The minimum Gasteiger partial charge on any atom is -0.349 e. The Morgan fingerprint density at radius 3 is 2.50 bits per heavy atom. The Bertz CT molecular complexity index is 610. The van der Waals surface area contributed by atoms with Crippen LogP contribution >= 0.6 is 15.9 Å². The third-order valence-electron chi connectivity index (χ3n) is 3.44. The molecule has 1 fully saturated rings. The second-order valence-corrected chi connectivity index (χ2v) is 7.38. The van der Waals surface area contributed by atoms with Crippen molar-refractivity contribution in [1.82, 2.24) is 5.32 Å². The number of nitrogens with one attached hydrogen (secondary N) is 1. The zero-order valence-electron chi connectivity index (χ0n) is 10.9. The predicted molar refractivity (Wildman–Crippen MR) is 79.9 cm³/mol. The summed E-state index contributed by atoms with van der Waals surface area (Å²) < 4.78 is 23.2. The lowest BCUT2D eigenvalue weighted by Gasteiger charge is -2.22. The van der Waals surface area contributed by atoms with Gasteiger partial charge in [0.15, 0.2) is 0 Å². The second kappa shape index (κ2) is 6.24. The highest BCUT2D eigenvalue weighted by Crippen LogP contribution is 2.23. The van der Waals surface area contributed by atoms with Crippen LogP contribution in [0.1, 0.15) is 42.5 Å². The molecule has 1 amide bonds. The maximum Gasteiger partial charge on any atom is 0.251 e. The van der Waals surface area contributed by atoms with Crippen molar-refractivity contribution in [1.29, 1.82) is 0 Å². The van der Waals surface area contributed by atoms with Gasteiger partial charge in [0.25, 0.3) is 5.91 Å². The van der Waals surface area contributed by atoms with E-state index in [0.29, 0.717) is 10.0 Å². The third kappa shape index (κ3) is 3.80. The van der Waals surface area contributed by atoms with Gasteiger partial charge in [0.05, 0.1) is 4.90 Å². The van der Waals surface area contributed by atoms with Crippen LogP contribution in [0.5, 0.6) is 0 Å². The molecule has 0 aliphatic heterocycles. The summed E-state index contributed by atoms with van der Waals surface area (Å²) in [5.41, 5.74) is 0.308. The standard InChI is InChI=1S/C13H17BrN2O3S/c14-11-7-6-9(8-12(11)20(15,18)19)13(17)16-10-4-2-1-3-5-10/h6-8,10H,1-5H2,(H,16,17)(H2,15,18,19). The first kappa shape index (κ1) is 15.5. The molecule has 1 aromatic carbocycles. The van der Waals surface area contributed by atoms with E-state index in [0.717, 1.165) is 25.7 Å². The van der Waals surface area contributed by atoms with Crippen molar-refractivity contribution in [3.05, 3.63) is 28.2 Å². The summed E-state index contributed by atoms with van der Waals surface area (Å²) >= 11 is 3.12. The first-order valence-electron chi connectivity index (χ1n) is 6.51. The Morgan fingerprint density at radius 1 is 1.25 bits per heavy atom. The fourth-order valence-electron chi connectivity index (χ4n) is 2.38. The SMILES string of the molecule is NS(=O)(=O)c1cc(C(=O)NC2CCCCC2)ccc1Br. The van der Waals surface area contributed by atoms with E-state index >= 15 is 0 Å². The fourth-order valence-corrected chi connectivity index (χ4v) is 3.93. The molecular formula is C13H17BrN2O3S. The van der Waals surface area contributed by atoms with Gasteiger partial charge in [0.1, 0.15) is 0 Å². The van der Waals surface area contributed by atoms with Crippen molar-refractivity contribution < 1.29 is 13.2 Å². The smallest absolute Gasteiger partial charge is 0.251 e. The first-order chi connectivity index (χ1) is 9.38. The molecular weight excluding hydrogens is 344 g/mol.